The third kappa shape index (κ3) is 4.59. The summed E-state index contributed by atoms with van der Waals surface area (Å²) in [6.45, 7) is 2.49. The van der Waals surface area contributed by atoms with Crippen molar-refractivity contribution in [2.75, 3.05) is 43.1 Å². The Kier molecular flexibility index (Phi) is 6.23. The van der Waals surface area contributed by atoms with Crippen molar-refractivity contribution in [2.45, 2.75) is 12.5 Å². The molecule has 7 nitrogen and oxygen atoms in total. The van der Waals surface area contributed by atoms with Crippen LogP contribution in [-0.2, 0) is 4.79 Å². The smallest absolute Gasteiger partial charge is 0.271 e. The first kappa shape index (κ1) is 17.6. The van der Waals surface area contributed by atoms with Crippen molar-refractivity contribution in [3.63, 3.8) is 0 Å². The van der Waals surface area contributed by atoms with Crippen LogP contribution in [0.15, 0.2) is 24.3 Å². The average Bonchev–Trinajstić information content (AvgIpc) is 2.59. The molecule has 0 radical (unpaired) electrons. The maximum Gasteiger partial charge on any atom is 0.271 e. The molecule has 0 spiro atoms. The highest BCUT2D eigenvalue weighted by Crippen LogP contribution is 2.22. The number of nitro benzene ring substituents is 1. The third-order valence-electron chi connectivity index (χ3n) is 3.95. The minimum absolute atomic E-state index is 0.00209. The molecule has 0 unspecified atom stereocenters. The number of carbonyl (C=O) groups is 1. The van der Waals surface area contributed by atoms with E-state index in [-0.39, 0.29) is 11.6 Å². The van der Waals surface area contributed by atoms with Gasteiger partial charge in [0, 0.05) is 44.0 Å². The lowest BCUT2D eigenvalue weighted by molar-refractivity contribution is -0.384. The number of thioether (sulfide) groups is 1. The molecule has 1 amide bonds. The van der Waals surface area contributed by atoms with E-state index in [1.165, 1.54) is 6.07 Å². The predicted molar refractivity (Wildman–Crippen MR) is 92.9 cm³/mol. The molecule has 23 heavy (non-hydrogen) atoms. The highest BCUT2D eigenvalue weighted by atomic mass is 32.2. The Morgan fingerprint density at radius 1 is 1.39 bits per heavy atom. The van der Waals surface area contributed by atoms with E-state index in [9.17, 15) is 14.9 Å². The van der Waals surface area contributed by atoms with Crippen LogP contribution in [0.4, 0.5) is 11.4 Å². The molecule has 1 heterocycles. The van der Waals surface area contributed by atoms with Gasteiger partial charge in [0.05, 0.1) is 11.0 Å². The second kappa shape index (κ2) is 8.16. The fourth-order valence-electron chi connectivity index (χ4n) is 2.59. The van der Waals surface area contributed by atoms with E-state index in [1.807, 2.05) is 12.3 Å². The molecule has 0 aliphatic carbocycles. The Labute approximate surface area is 140 Å². The number of nitrogens with zero attached hydrogens (tertiary/aromatic N) is 3. The summed E-state index contributed by atoms with van der Waals surface area (Å²) >= 11 is 1.68. The Morgan fingerprint density at radius 2 is 2.09 bits per heavy atom. The topological polar surface area (TPSA) is 92.7 Å². The van der Waals surface area contributed by atoms with E-state index in [0.29, 0.717) is 32.6 Å². The van der Waals surface area contributed by atoms with Crippen LogP contribution in [0.1, 0.15) is 6.42 Å². The largest absolute Gasteiger partial charge is 0.368 e. The van der Waals surface area contributed by atoms with Gasteiger partial charge in [0.15, 0.2) is 0 Å². The highest BCUT2D eigenvalue weighted by Gasteiger charge is 2.25. The number of amides is 1. The van der Waals surface area contributed by atoms with Crippen molar-refractivity contribution in [1.29, 1.82) is 0 Å². The lowest BCUT2D eigenvalue weighted by Gasteiger charge is -2.37. The van der Waals surface area contributed by atoms with Crippen LogP contribution in [0.2, 0.25) is 0 Å². The maximum atomic E-state index is 12.3. The SMILES string of the molecule is CSCC[C@H](N)C(=O)N1CCN(c2cccc([N+](=O)[O-])c2)CC1. The van der Waals surface area contributed by atoms with Gasteiger partial charge in [0.25, 0.3) is 5.69 Å². The van der Waals surface area contributed by atoms with Gasteiger partial charge in [-0.15, -0.1) is 0 Å². The number of anilines is 1. The quantitative estimate of drug-likeness (QED) is 0.621. The standard InChI is InChI=1S/C15H22N4O3S/c1-23-10-5-14(16)15(20)18-8-6-17(7-9-18)12-3-2-4-13(11-12)19(21)22/h2-4,11,14H,5-10,16H2,1H3/t14-/m0/s1. The van der Waals surface area contributed by atoms with Crippen molar-refractivity contribution in [1.82, 2.24) is 4.90 Å². The van der Waals surface area contributed by atoms with Crippen LogP contribution in [0, 0.1) is 10.1 Å². The normalized spacial score (nSPS) is 16.3. The molecule has 1 atom stereocenters. The van der Waals surface area contributed by atoms with E-state index < -0.39 is 11.0 Å². The second-order valence-electron chi connectivity index (χ2n) is 5.48. The van der Waals surface area contributed by atoms with Gasteiger partial charge in [-0.2, -0.15) is 11.8 Å². The van der Waals surface area contributed by atoms with Gasteiger partial charge < -0.3 is 15.5 Å². The van der Waals surface area contributed by atoms with Crippen LogP contribution in [0.3, 0.4) is 0 Å². The van der Waals surface area contributed by atoms with E-state index in [1.54, 1.807) is 28.8 Å². The zero-order valence-electron chi connectivity index (χ0n) is 13.2. The summed E-state index contributed by atoms with van der Waals surface area (Å²) in [6, 6.07) is 6.15. The van der Waals surface area contributed by atoms with Crippen LogP contribution in [0.5, 0.6) is 0 Å². The zero-order valence-corrected chi connectivity index (χ0v) is 14.0. The number of nitrogens with two attached hydrogens (primary N) is 1. The predicted octanol–water partition coefficient (Wildman–Crippen LogP) is 1.32. The van der Waals surface area contributed by atoms with E-state index in [0.717, 1.165) is 11.4 Å². The zero-order chi connectivity index (χ0) is 16.8. The summed E-state index contributed by atoms with van der Waals surface area (Å²) in [7, 11) is 0. The molecule has 0 saturated carbocycles. The van der Waals surface area contributed by atoms with E-state index >= 15 is 0 Å². The molecule has 0 aromatic heterocycles. The van der Waals surface area contributed by atoms with Crippen LogP contribution < -0.4 is 10.6 Å². The van der Waals surface area contributed by atoms with Crippen molar-refractivity contribution in [3.05, 3.63) is 34.4 Å². The summed E-state index contributed by atoms with van der Waals surface area (Å²) in [5.74, 6) is 0.873. The molecule has 1 aliphatic heterocycles. The van der Waals surface area contributed by atoms with Gasteiger partial charge in [0.2, 0.25) is 5.91 Å². The lowest BCUT2D eigenvalue weighted by Crippen LogP contribution is -2.53. The molecule has 126 valence electrons. The molecule has 1 saturated heterocycles. The number of rotatable bonds is 6. The van der Waals surface area contributed by atoms with Gasteiger partial charge in [-0.3, -0.25) is 14.9 Å². The fourth-order valence-corrected chi connectivity index (χ4v) is 3.08. The average molecular weight is 338 g/mol. The van der Waals surface area contributed by atoms with Gasteiger partial charge in [-0.25, -0.2) is 0 Å². The molecule has 1 aliphatic rings. The summed E-state index contributed by atoms with van der Waals surface area (Å²) in [4.78, 5) is 26.6. The Bertz CT molecular complexity index is 561. The number of hydrogen-bond donors (Lipinski definition) is 1. The van der Waals surface area contributed by atoms with E-state index in [4.69, 9.17) is 5.73 Å². The molecule has 8 heteroatoms. The maximum absolute atomic E-state index is 12.3. The second-order valence-corrected chi connectivity index (χ2v) is 6.46. The number of hydrogen-bond acceptors (Lipinski definition) is 6. The molecule has 1 aromatic rings. The van der Waals surface area contributed by atoms with Gasteiger partial charge in [-0.05, 0) is 24.5 Å². The number of benzene rings is 1. The number of carbonyl (C=O) groups excluding carboxylic acids is 1. The Morgan fingerprint density at radius 3 is 2.70 bits per heavy atom. The highest BCUT2D eigenvalue weighted by molar-refractivity contribution is 7.98. The van der Waals surface area contributed by atoms with Crippen molar-refractivity contribution >= 4 is 29.0 Å². The summed E-state index contributed by atoms with van der Waals surface area (Å²) < 4.78 is 0. The summed E-state index contributed by atoms with van der Waals surface area (Å²) in [6.07, 6.45) is 2.68. The molecule has 1 aromatic carbocycles. The fraction of sp³-hybridized carbons (Fsp3) is 0.533. The van der Waals surface area contributed by atoms with Crippen LogP contribution >= 0.6 is 11.8 Å². The lowest BCUT2D eigenvalue weighted by atomic mass is 10.1. The molecule has 1 fully saturated rings. The molecular formula is C15H22N4O3S. The number of non-ortho nitro benzene ring substituents is 1. The van der Waals surface area contributed by atoms with Gasteiger partial charge in [0.1, 0.15) is 0 Å². The van der Waals surface area contributed by atoms with Crippen molar-refractivity contribution < 1.29 is 9.72 Å². The Hall–Kier alpha value is -1.80. The van der Waals surface area contributed by atoms with Crippen molar-refractivity contribution in [2.24, 2.45) is 5.73 Å². The van der Waals surface area contributed by atoms with Crippen molar-refractivity contribution in [3.8, 4) is 0 Å². The summed E-state index contributed by atoms with van der Waals surface area (Å²) in [5.41, 5.74) is 6.84. The van der Waals surface area contributed by atoms with Gasteiger partial charge in [-0.1, -0.05) is 6.07 Å². The Balaban J connectivity index is 1.92. The first-order valence-electron chi connectivity index (χ1n) is 7.55. The molecular weight excluding hydrogens is 316 g/mol. The number of nitro groups is 1. The minimum Gasteiger partial charge on any atom is -0.368 e. The minimum atomic E-state index is -0.438. The van der Waals surface area contributed by atoms with Gasteiger partial charge >= 0.3 is 0 Å². The first-order valence-corrected chi connectivity index (χ1v) is 8.95. The number of piperazine rings is 1. The third-order valence-corrected chi connectivity index (χ3v) is 4.59. The molecule has 0 bridgehead atoms. The molecule has 2 N–H and O–H groups in total. The van der Waals surface area contributed by atoms with E-state index in [2.05, 4.69) is 4.90 Å². The van der Waals surface area contributed by atoms with Crippen LogP contribution in [0.25, 0.3) is 0 Å². The van der Waals surface area contributed by atoms with Crippen LogP contribution in [-0.4, -0.2) is 60.0 Å². The summed E-state index contributed by atoms with van der Waals surface area (Å²) in [5, 5.41) is 10.9. The monoisotopic (exact) mass is 338 g/mol. The first-order chi connectivity index (χ1) is 11.0. The molecule has 2 rings (SSSR count).